The van der Waals surface area contributed by atoms with E-state index in [0.29, 0.717) is 11.5 Å². The first-order valence-corrected chi connectivity index (χ1v) is 10.6. The molecule has 0 saturated heterocycles. The van der Waals surface area contributed by atoms with Crippen LogP contribution in [0.3, 0.4) is 0 Å². The Morgan fingerprint density at radius 1 is 0.727 bits per heavy atom. The minimum absolute atomic E-state index is 0.220. The molecule has 7 heteroatoms. The highest BCUT2D eigenvalue weighted by molar-refractivity contribution is 6.01. The normalized spacial score (nSPS) is 15.3. The maximum Gasteiger partial charge on any atom is 0.172 e. The molecule has 1 heterocycles. The topological polar surface area (TPSA) is 79.6 Å². The number of hydrogen-bond acceptors (Lipinski definition) is 5. The summed E-state index contributed by atoms with van der Waals surface area (Å²) < 4.78 is 0. The molecule has 0 amide bonds. The number of para-hydroxylation sites is 2. The standard InChI is InChI=1S/C26H21N7/c27-31-28-22-18-16-20(17-19-22)25-29-32(23-12-6-2-7-13-23)26(21-10-4-1-5-11-21)33(30-25)24-14-8-3-9-15-24/h1-19,26H,(H,29,30). The Morgan fingerprint density at radius 2 is 1.30 bits per heavy atom. The van der Waals surface area contributed by atoms with E-state index in [4.69, 9.17) is 10.6 Å². The van der Waals surface area contributed by atoms with Gasteiger partial charge in [0.15, 0.2) is 12.0 Å². The summed E-state index contributed by atoms with van der Waals surface area (Å²) in [6, 6.07) is 37.9. The molecular formula is C26H21N7. The molecule has 7 nitrogen and oxygen atoms in total. The van der Waals surface area contributed by atoms with E-state index >= 15 is 0 Å². The fourth-order valence-corrected chi connectivity index (χ4v) is 3.82. The predicted octanol–water partition coefficient (Wildman–Crippen LogP) is 6.52. The summed E-state index contributed by atoms with van der Waals surface area (Å²) in [6.07, 6.45) is -0.220. The number of amidine groups is 1. The van der Waals surface area contributed by atoms with Crippen molar-refractivity contribution in [2.45, 2.75) is 6.17 Å². The van der Waals surface area contributed by atoms with Gasteiger partial charge < -0.3 is 0 Å². The van der Waals surface area contributed by atoms with Gasteiger partial charge in [-0.25, -0.2) is 5.01 Å². The number of hydrogen-bond donors (Lipinski definition) is 1. The maximum atomic E-state index is 8.71. The van der Waals surface area contributed by atoms with E-state index < -0.39 is 0 Å². The van der Waals surface area contributed by atoms with Gasteiger partial charge in [0.2, 0.25) is 0 Å². The molecule has 1 aliphatic rings. The van der Waals surface area contributed by atoms with Crippen LogP contribution in [-0.4, -0.2) is 5.84 Å². The second kappa shape index (κ2) is 9.18. The Balaban J connectivity index is 1.67. The van der Waals surface area contributed by atoms with E-state index in [9.17, 15) is 0 Å². The lowest BCUT2D eigenvalue weighted by Gasteiger charge is -2.44. The van der Waals surface area contributed by atoms with Crippen LogP contribution in [0.4, 0.5) is 17.1 Å². The first kappa shape index (κ1) is 20.2. The van der Waals surface area contributed by atoms with Gasteiger partial charge in [-0.05, 0) is 35.4 Å². The van der Waals surface area contributed by atoms with Gasteiger partial charge in [0.25, 0.3) is 0 Å². The van der Waals surface area contributed by atoms with Crippen molar-refractivity contribution >= 4 is 22.9 Å². The van der Waals surface area contributed by atoms with Crippen molar-refractivity contribution in [3.05, 3.63) is 137 Å². The van der Waals surface area contributed by atoms with Crippen LogP contribution in [0.1, 0.15) is 17.3 Å². The van der Waals surface area contributed by atoms with Crippen LogP contribution in [-0.2, 0) is 0 Å². The molecule has 0 spiro atoms. The molecule has 1 N–H and O–H groups in total. The van der Waals surface area contributed by atoms with Gasteiger partial charge in [-0.15, -0.1) is 0 Å². The number of benzene rings is 4. The number of rotatable bonds is 5. The number of nitrogens with zero attached hydrogens (tertiary/aromatic N) is 6. The fourth-order valence-electron chi connectivity index (χ4n) is 3.82. The van der Waals surface area contributed by atoms with Crippen LogP contribution in [0, 0.1) is 0 Å². The largest absolute Gasteiger partial charge is 0.277 e. The van der Waals surface area contributed by atoms with Crippen LogP contribution in [0.15, 0.2) is 125 Å². The second-order valence-corrected chi connectivity index (χ2v) is 7.47. The smallest absolute Gasteiger partial charge is 0.172 e. The average Bonchev–Trinajstić information content (AvgIpc) is 2.90. The molecule has 0 aromatic heterocycles. The number of hydrazine groups is 1. The van der Waals surface area contributed by atoms with Crippen LogP contribution in [0.2, 0.25) is 0 Å². The van der Waals surface area contributed by atoms with Crippen molar-refractivity contribution in [3.8, 4) is 0 Å². The zero-order chi connectivity index (χ0) is 22.5. The number of nitrogens with one attached hydrogen (secondary N) is 1. The Kier molecular flexibility index (Phi) is 5.61. The van der Waals surface area contributed by atoms with E-state index in [-0.39, 0.29) is 6.17 Å². The molecular weight excluding hydrogens is 410 g/mol. The fraction of sp³-hybridized carbons (Fsp3) is 0.0385. The molecule has 0 radical (unpaired) electrons. The second-order valence-electron chi connectivity index (χ2n) is 7.47. The van der Waals surface area contributed by atoms with Gasteiger partial charge in [0, 0.05) is 16.2 Å². The van der Waals surface area contributed by atoms with E-state index in [1.54, 1.807) is 12.1 Å². The molecule has 0 fully saturated rings. The molecule has 1 aliphatic heterocycles. The van der Waals surface area contributed by atoms with Crippen LogP contribution in [0.25, 0.3) is 10.4 Å². The lowest BCUT2D eigenvalue weighted by Crippen LogP contribution is -2.55. The van der Waals surface area contributed by atoms with Gasteiger partial charge in [0.05, 0.1) is 11.4 Å². The van der Waals surface area contributed by atoms with Gasteiger partial charge in [-0.3, -0.25) is 10.4 Å². The Morgan fingerprint density at radius 3 is 1.91 bits per heavy atom. The van der Waals surface area contributed by atoms with Gasteiger partial charge in [0.1, 0.15) is 0 Å². The molecule has 0 saturated carbocycles. The average molecular weight is 432 g/mol. The zero-order valence-electron chi connectivity index (χ0n) is 17.7. The summed E-state index contributed by atoms with van der Waals surface area (Å²) in [6.45, 7) is 0. The minimum atomic E-state index is -0.220. The molecule has 4 aromatic carbocycles. The van der Waals surface area contributed by atoms with Crippen LogP contribution >= 0.6 is 0 Å². The van der Waals surface area contributed by atoms with Crippen molar-refractivity contribution in [3.63, 3.8) is 0 Å². The van der Waals surface area contributed by atoms with E-state index in [1.165, 1.54) is 0 Å². The molecule has 0 aliphatic carbocycles. The monoisotopic (exact) mass is 431 g/mol. The summed E-state index contributed by atoms with van der Waals surface area (Å²) >= 11 is 0. The highest BCUT2D eigenvalue weighted by Gasteiger charge is 2.33. The molecule has 5 rings (SSSR count). The van der Waals surface area contributed by atoms with E-state index in [2.05, 4.69) is 56.9 Å². The van der Waals surface area contributed by atoms with Gasteiger partial charge in [-0.2, -0.15) is 5.10 Å². The SMILES string of the molecule is [N-]=[N+]=Nc1ccc(C2=NN(c3ccccc3)C(c3ccccc3)N(c3ccccc3)N2)cc1. The molecule has 1 unspecified atom stereocenters. The Labute approximate surface area is 191 Å². The van der Waals surface area contributed by atoms with Gasteiger partial charge in [-0.1, -0.05) is 96.1 Å². The Bertz CT molecular complexity index is 1280. The number of hydrazone groups is 1. The lowest BCUT2D eigenvalue weighted by molar-refractivity contribution is 0.538. The van der Waals surface area contributed by atoms with Crippen molar-refractivity contribution in [2.24, 2.45) is 10.2 Å². The summed E-state index contributed by atoms with van der Waals surface area (Å²) in [5, 5.41) is 12.8. The highest BCUT2D eigenvalue weighted by atomic mass is 15.7. The predicted molar refractivity (Wildman–Crippen MR) is 132 cm³/mol. The maximum absolute atomic E-state index is 8.71. The Hall–Kier alpha value is -4.74. The highest BCUT2D eigenvalue weighted by Crippen LogP contribution is 2.35. The first-order valence-electron chi connectivity index (χ1n) is 10.6. The van der Waals surface area contributed by atoms with Crippen molar-refractivity contribution < 1.29 is 0 Å². The molecule has 4 aromatic rings. The third kappa shape index (κ3) is 4.21. The molecule has 1 atom stereocenters. The van der Waals surface area contributed by atoms with E-state index in [0.717, 1.165) is 22.5 Å². The van der Waals surface area contributed by atoms with Crippen molar-refractivity contribution in [2.75, 3.05) is 10.0 Å². The third-order valence-corrected chi connectivity index (χ3v) is 5.36. The molecule has 0 bridgehead atoms. The van der Waals surface area contributed by atoms with E-state index in [1.807, 2.05) is 71.7 Å². The van der Waals surface area contributed by atoms with Crippen molar-refractivity contribution in [1.29, 1.82) is 0 Å². The lowest BCUT2D eigenvalue weighted by atomic mass is 10.1. The summed E-state index contributed by atoms with van der Waals surface area (Å²) in [5.74, 6) is 0.683. The summed E-state index contributed by atoms with van der Waals surface area (Å²) in [7, 11) is 0. The zero-order valence-corrected chi connectivity index (χ0v) is 17.7. The van der Waals surface area contributed by atoms with Crippen LogP contribution in [0.5, 0.6) is 0 Å². The summed E-state index contributed by atoms with van der Waals surface area (Å²) in [5.41, 5.74) is 16.7. The number of azide groups is 1. The number of anilines is 2. The molecule has 160 valence electrons. The minimum Gasteiger partial charge on any atom is -0.277 e. The third-order valence-electron chi connectivity index (χ3n) is 5.36. The quantitative estimate of drug-likeness (QED) is 0.222. The van der Waals surface area contributed by atoms with Crippen LogP contribution < -0.4 is 15.4 Å². The molecule has 33 heavy (non-hydrogen) atoms. The summed E-state index contributed by atoms with van der Waals surface area (Å²) in [4.78, 5) is 2.86. The first-order chi connectivity index (χ1) is 16.3. The van der Waals surface area contributed by atoms with Gasteiger partial charge >= 0.3 is 0 Å². The van der Waals surface area contributed by atoms with Crippen molar-refractivity contribution in [1.82, 2.24) is 5.43 Å².